The van der Waals surface area contributed by atoms with Crippen LogP contribution in [0.5, 0.6) is 0 Å². The number of hydrogen-bond acceptors (Lipinski definition) is 5. The van der Waals surface area contributed by atoms with Gasteiger partial charge in [0.05, 0.1) is 22.3 Å². The summed E-state index contributed by atoms with van der Waals surface area (Å²) in [6.45, 7) is 0. The first-order valence-electron chi connectivity index (χ1n) is 9.83. The topological polar surface area (TPSA) is 51.0 Å². The molecule has 7 heteroatoms. The van der Waals surface area contributed by atoms with Crippen LogP contribution in [0.1, 0.15) is 27.7 Å². The first-order chi connectivity index (χ1) is 15.3. The lowest BCUT2D eigenvalue weighted by atomic mass is 9.98. The molecule has 0 saturated carbocycles. The Kier molecular flexibility index (Phi) is 4.29. The van der Waals surface area contributed by atoms with Crippen molar-refractivity contribution in [2.24, 2.45) is 0 Å². The van der Waals surface area contributed by atoms with Crippen molar-refractivity contribution < 1.29 is 4.79 Å². The molecule has 0 radical (unpaired) electrons. The SMILES string of the molecule is O=C1c2nn(-c3ccccc3)c(-c3cccs3)c2C(c2ccccc2)N1c1nccs1. The van der Waals surface area contributed by atoms with E-state index in [1.54, 1.807) is 22.4 Å². The summed E-state index contributed by atoms with van der Waals surface area (Å²) in [7, 11) is 0. The summed E-state index contributed by atoms with van der Waals surface area (Å²) in [5.74, 6) is -0.119. The second-order valence-corrected chi connectivity index (χ2v) is 8.96. The first kappa shape index (κ1) is 18.2. The largest absolute Gasteiger partial charge is 0.281 e. The van der Waals surface area contributed by atoms with Crippen molar-refractivity contribution in [2.45, 2.75) is 6.04 Å². The highest BCUT2D eigenvalue weighted by Gasteiger charge is 2.45. The minimum Gasteiger partial charge on any atom is -0.271 e. The zero-order chi connectivity index (χ0) is 20.8. The molecule has 0 N–H and O–H groups in total. The Balaban J connectivity index is 1.66. The second kappa shape index (κ2) is 7.30. The van der Waals surface area contributed by atoms with Crippen LogP contribution in [0.3, 0.4) is 0 Å². The van der Waals surface area contributed by atoms with Gasteiger partial charge in [-0.05, 0) is 29.1 Å². The van der Waals surface area contributed by atoms with Gasteiger partial charge in [0.1, 0.15) is 0 Å². The van der Waals surface area contributed by atoms with Gasteiger partial charge in [0.15, 0.2) is 10.8 Å². The van der Waals surface area contributed by atoms with Gasteiger partial charge in [-0.25, -0.2) is 9.67 Å². The highest BCUT2D eigenvalue weighted by Crippen LogP contribution is 2.47. The molecule has 0 bridgehead atoms. The molecule has 5 nitrogen and oxygen atoms in total. The van der Waals surface area contributed by atoms with Crippen molar-refractivity contribution in [1.82, 2.24) is 14.8 Å². The predicted octanol–water partition coefficient (Wildman–Crippen LogP) is 5.81. The third-order valence-electron chi connectivity index (χ3n) is 5.37. The molecule has 0 aliphatic carbocycles. The van der Waals surface area contributed by atoms with Gasteiger partial charge < -0.3 is 0 Å². The number of fused-ring (bicyclic) bond motifs is 1. The quantitative estimate of drug-likeness (QED) is 0.354. The molecule has 0 fully saturated rings. The number of benzene rings is 2. The van der Waals surface area contributed by atoms with Crippen LogP contribution in [-0.4, -0.2) is 20.7 Å². The van der Waals surface area contributed by atoms with E-state index in [1.807, 2.05) is 64.7 Å². The smallest absolute Gasteiger partial charge is 0.271 e. The molecule has 1 aliphatic heterocycles. The molecule has 1 atom stereocenters. The fourth-order valence-corrected chi connectivity index (χ4v) is 5.53. The van der Waals surface area contributed by atoms with Crippen LogP contribution in [-0.2, 0) is 0 Å². The number of para-hydroxylation sites is 1. The lowest BCUT2D eigenvalue weighted by Crippen LogP contribution is -2.29. The maximum Gasteiger partial charge on any atom is 0.281 e. The molecular weight excluding hydrogens is 424 g/mol. The number of thiophene rings is 1. The van der Waals surface area contributed by atoms with E-state index in [9.17, 15) is 4.79 Å². The summed E-state index contributed by atoms with van der Waals surface area (Å²) in [5, 5.41) is 9.47. The summed E-state index contributed by atoms with van der Waals surface area (Å²) in [5.41, 5.74) is 4.34. The van der Waals surface area contributed by atoms with E-state index in [0.29, 0.717) is 10.8 Å². The lowest BCUT2D eigenvalue weighted by molar-refractivity contribution is 0.0988. The van der Waals surface area contributed by atoms with E-state index in [1.165, 1.54) is 11.3 Å². The van der Waals surface area contributed by atoms with Gasteiger partial charge in [0.25, 0.3) is 5.91 Å². The Morgan fingerprint density at radius 1 is 0.839 bits per heavy atom. The van der Waals surface area contributed by atoms with E-state index in [-0.39, 0.29) is 11.9 Å². The van der Waals surface area contributed by atoms with E-state index in [0.717, 1.165) is 27.4 Å². The summed E-state index contributed by atoms with van der Waals surface area (Å²) >= 11 is 3.11. The third-order valence-corrected chi connectivity index (χ3v) is 7.02. The monoisotopic (exact) mass is 440 g/mol. The molecule has 150 valence electrons. The normalized spacial score (nSPS) is 15.4. The van der Waals surface area contributed by atoms with E-state index in [2.05, 4.69) is 28.6 Å². The predicted molar refractivity (Wildman–Crippen MR) is 124 cm³/mol. The zero-order valence-electron chi connectivity index (χ0n) is 16.3. The Labute approximate surface area is 186 Å². The Morgan fingerprint density at radius 2 is 1.61 bits per heavy atom. The molecule has 1 unspecified atom stereocenters. The van der Waals surface area contributed by atoms with Crippen LogP contribution < -0.4 is 4.90 Å². The summed E-state index contributed by atoms with van der Waals surface area (Å²) < 4.78 is 1.91. The number of nitrogens with zero attached hydrogens (tertiary/aromatic N) is 4. The number of anilines is 1. The van der Waals surface area contributed by atoms with Crippen LogP contribution in [0.2, 0.25) is 0 Å². The van der Waals surface area contributed by atoms with E-state index in [4.69, 9.17) is 5.10 Å². The standard InChI is InChI=1S/C24H16N4OS2/c29-23-20-19(21(16-8-3-1-4-9-16)27(23)24-25-13-15-31-24)22(18-12-7-14-30-18)28(26-20)17-10-5-2-6-11-17/h1-15,21H. The number of carbonyl (C=O) groups is 1. The molecule has 2 aromatic carbocycles. The lowest BCUT2D eigenvalue weighted by Gasteiger charge is -2.24. The summed E-state index contributed by atoms with van der Waals surface area (Å²) in [6, 6.07) is 23.9. The highest BCUT2D eigenvalue weighted by atomic mass is 32.1. The fourth-order valence-electron chi connectivity index (χ4n) is 4.10. The van der Waals surface area contributed by atoms with Crippen molar-refractivity contribution in [2.75, 3.05) is 4.90 Å². The fraction of sp³-hybridized carbons (Fsp3) is 0.0417. The molecule has 6 rings (SSSR count). The zero-order valence-corrected chi connectivity index (χ0v) is 17.9. The summed E-state index contributed by atoms with van der Waals surface area (Å²) in [6.07, 6.45) is 1.73. The van der Waals surface area contributed by atoms with Crippen LogP contribution in [0.15, 0.2) is 89.8 Å². The van der Waals surface area contributed by atoms with Crippen LogP contribution >= 0.6 is 22.7 Å². The molecule has 1 aliphatic rings. The number of aromatic nitrogens is 3. The van der Waals surface area contributed by atoms with Gasteiger partial charge in [-0.3, -0.25) is 9.69 Å². The minimum absolute atomic E-state index is 0.119. The second-order valence-electron chi connectivity index (χ2n) is 7.14. The molecule has 5 aromatic rings. The average Bonchev–Trinajstić information content (AvgIpc) is 3.60. The Bertz CT molecular complexity index is 1340. The highest BCUT2D eigenvalue weighted by molar-refractivity contribution is 7.14. The number of thiazole rings is 1. The van der Waals surface area contributed by atoms with E-state index >= 15 is 0 Å². The van der Waals surface area contributed by atoms with Crippen molar-refractivity contribution in [3.05, 3.63) is 107 Å². The summed E-state index contributed by atoms with van der Waals surface area (Å²) in [4.78, 5) is 21.0. The third kappa shape index (κ3) is 2.85. The molecule has 3 aromatic heterocycles. The van der Waals surface area contributed by atoms with Gasteiger partial charge in [-0.15, -0.1) is 22.7 Å². The first-order valence-corrected chi connectivity index (χ1v) is 11.6. The van der Waals surface area contributed by atoms with Crippen molar-refractivity contribution in [1.29, 1.82) is 0 Å². The number of hydrogen-bond donors (Lipinski definition) is 0. The van der Waals surface area contributed by atoms with Crippen molar-refractivity contribution in [3.63, 3.8) is 0 Å². The van der Waals surface area contributed by atoms with Crippen molar-refractivity contribution >= 4 is 33.7 Å². The van der Waals surface area contributed by atoms with Crippen LogP contribution in [0.4, 0.5) is 5.13 Å². The van der Waals surface area contributed by atoms with Gasteiger partial charge in [0.2, 0.25) is 0 Å². The van der Waals surface area contributed by atoms with Crippen LogP contribution in [0.25, 0.3) is 16.3 Å². The average molecular weight is 441 g/mol. The van der Waals surface area contributed by atoms with Gasteiger partial charge in [0, 0.05) is 17.1 Å². The van der Waals surface area contributed by atoms with Gasteiger partial charge >= 0.3 is 0 Å². The Hall–Kier alpha value is -3.55. The minimum atomic E-state index is -0.288. The molecular formula is C24H16N4OS2. The van der Waals surface area contributed by atoms with Crippen molar-refractivity contribution in [3.8, 4) is 16.3 Å². The maximum absolute atomic E-state index is 13.7. The Morgan fingerprint density at radius 3 is 2.29 bits per heavy atom. The van der Waals surface area contributed by atoms with Gasteiger partial charge in [-0.1, -0.05) is 54.6 Å². The molecule has 31 heavy (non-hydrogen) atoms. The van der Waals surface area contributed by atoms with Gasteiger partial charge in [-0.2, -0.15) is 5.10 Å². The molecule has 0 spiro atoms. The maximum atomic E-state index is 13.7. The molecule has 1 amide bonds. The van der Waals surface area contributed by atoms with E-state index < -0.39 is 0 Å². The molecule has 4 heterocycles. The number of carbonyl (C=O) groups excluding carboxylic acids is 1. The molecule has 0 saturated heterocycles. The number of rotatable bonds is 4. The number of amides is 1. The van der Waals surface area contributed by atoms with Crippen LogP contribution in [0, 0.1) is 0 Å².